The Labute approximate surface area is 111 Å². The molecule has 1 atom stereocenters. The standard InChI is InChI=1S/C14H18F2N2O/c1-9(2)17-12-4-3-7-18(14(12)19)13-6-5-10(15)8-11(13)16/h5-6,8-9,12,17H,3-4,7H2,1-2H3. The second-order valence-electron chi connectivity index (χ2n) is 5.10. The molecule has 0 spiro atoms. The van der Waals surface area contributed by atoms with Crippen molar-refractivity contribution in [3.8, 4) is 0 Å². The van der Waals surface area contributed by atoms with Gasteiger partial charge in [0.2, 0.25) is 5.91 Å². The first-order valence-corrected chi connectivity index (χ1v) is 6.51. The van der Waals surface area contributed by atoms with Crippen LogP contribution in [0.3, 0.4) is 0 Å². The Hall–Kier alpha value is -1.49. The van der Waals surface area contributed by atoms with E-state index in [4.69, 9.17) is 0 Å². The molecule has 104 valence electrons. The van der Waals surface area contributed by atoms with Crippen LogP contribution in [-0.2, 0) is 4.79 Å². The molecule has 1 fully saturated rings. The van der Waals surface area contributed by atoms with Crippen LogP contribution in [0.15, 0.2) is 18.2 Å². The highest BCUT2D eigenvalue weighted by Gasteiger charge is 2.31. The van der Waals surface area contributed by atoms with Gasteiger partial charge in [-0.05, 0) is 25.0 Å². The third-order valence-corrected chi connectivity index (χ3v) is 3.17. The maximum Gasteiger partial charge on any atom is 0.244 e. The summed E-state index contributed by atoms with van der Waals surface area (Å²) in [5, 5.41) is 3.17. The van der Waals surface area contributed by atoms with Crippen LogP contribution in [-0.4, -0.2) is 24.5 Å². The first-order chi connectivity index (χ1) is 8.99. The molecule has 1 heterocycles. The van der Waals surface area contributed by atoms with E-state index in [1.165, 1.54) is 17.0 Å². The molecule has 1 unspecified atom stereocenters. The lowest BCUT2D eigenvalue weighted by molar-refractivity contribution is -0.122. The quantitative estimate of drug-likeness (QED) is 0.913. The summed E-state index contributed by atoms with van der Waals surface area (Å²) in [5.74, 6) is -1.48. The van der Waals surface area contributed by atoms with Gasteiger partial charge in [-0.25, -0.2) is 8.78 Å². The Morgan fingerprint density at radius 3 is 2.74 bits per heavy atom. The van der Waals surface area contributed by atoms with E-state index in [1.54, 1.807) is 0 Å². The number of benzene rings is 1. The normalized spacial score (nSPS) is 20.2. The van der Waals surface area contributed by atoms with Crippen molar-refractivity contribution in [2.75, 3.05) is 11.4 Å². The van der Waals surface area contributed by atoms with Crippen LogP contribution in [0.2, 0.25) is 0 Å². The Balaban J connectivity index is 2.21. The van der Waals surface area contributed by atoms with Gasteiger partial charge in [-0.3, -0.25) is 4.79 Å². The van der Waals surface area contributed by atoms with Gasteiger partial charge in [0.15, 0.2) is 0 Å². The van der Waals surface area contributed by atoms with Gasteiger partial charge in [0.05, 0.1) is 11.7 Å². The molecule has 0 bridgehead atoms. The van der Waals surface area contributed by atoms with Gasteiger partial charge < -0.3 is 10.2 Å². The van der Waals surface area contributed by atoms with E-state index >= 15 is 0 Å². The zero-order chi connectivity index (χ0) is 14.0. The number of halogens is 2. The molecule has 1 saturated heterocycles. The zero-order valence-corrected chi connectivity index (χ0v) is 11.1. The van der Waals surface area contributed by atoms with E-state index in [0.717, 1.165) is 18.9 Å². The molecule has 0 aromatic heterocycles. The minimum absolute atomic E-state index is 0.148. The number of hydrogen-bond acceptors (Lipinski definition) is 2. The number of carbonyl (C=O) groups excluding carboxylic acids is 1. The molecule has 0 radical (unpaired) electrons. The summed E-state index contributed by atoms with van der Waals surface area (Å²) in [6, 6.07) is 3.19. The number of carbonyl (C=O) groups is 1. The van der Waals surface area contributed by atoms with Gasteiger partial charge in [0.25, 0.3) is 0 Å². The maximum atomic E-state index is 13.7. The lowest BCUT2D eigenvalue weighted by Crippen LogP contribution is -2.52. The highest BCUT2D eigenvalue weighted by Crippen LogP contribution is 2.24. The average molecular weight is 268 g/mol. The summed E-state index contributed by atoms with van der Waals surface area (Å²) in [7, 11) is 0. The first kappa shape index (κ1) is 13.9. The maximum absolute atomic E-state index is 13.7. The van der Waals surface area contributed by atoms with Crippen molar-refractivity contribution >= 4 is 11.6 Å². The fourth-order valence-corrected chi connectivity index (χ4v) is 2.37. The molecule has 1 amide bonds. The number of nitrogens with one attached hydrogen (secondary N) is 1. The van der Waals surface area contributed by atoms with E-state index in [-0.39, 0.29) is 23.7 Å². The highest BCUT2D eigenvalue weighted by atomic mass is 19.1. The third kappa shape index (κ3) is 3.10. The zero-order valence-electron chi connectivity index (χ0n) is 11.1. The summed E-state index contributed by atoms with van der Waals surface area (Å²) in [6.45, 7) is 4.40. The van der Waals surface area contributed by atoms with Crippen molar-refractivity contribution in [2.45, 2.75) is 38.8 Å². The van der Waals surface area contributed by atoms with Crippen LogP contribution >= 0.6 is 0 Å². The van der Waals surface area contributed by atoms with Gasteiger partial charge in [-0.15, -0.1) is 0 Å². The van der Waals surface area contributed by atoms with Crippen LogP contribution < -0.4 is 10.2 Å². The van der Waals surface area contributed by atoms with Crippen LogP contribution in [0.4, 0.5) is 14.5 Å². The van der Waals surface area contributed by atoms with Crippen LogP contribution in [0.5, 0.6) is 0 Å². The third-order valence-electron chi connectivity index (χ3n) is 3.17. The lowest BCUT2D eigenvalue weighted by atomic mass is 10.0. The largest absolute Gasteiger partial charge is 0.308 e. The smallest absolute Gasteiger partial charge is 0.244 e. The molecule has 1 aromatic carbocycles. The monoisotopic (exact) mass is 268 g/mol. The van der Waals surface area contributed by atoms with E-state index < -0.39 is 11.6 Å². The van der Waals surface area contributed by atoms with Gasteiger partial charge in [0.1, 0.15) is 11.6 Å². The average Bonchev–Trinajstić information content (AvgIpc) is 2.32. The van der Waals surface area contributed by atoms with E-state index in [0.29, 0.717) is 6.54 Å². The second-order valence-corrected chi connectivity index (χ2v) is 5.10. The molecular weight excluding hydrogens is 250 g/mol. The fourth-order valence-electron chi connectivity index (χ4n) is 2.37. The summed E-state index contributed by atoms with van der Waals surface area (Å²) in [4.78, 5) is 13.7. The minimum atomic E-state index is -0.696. The SMILES string of the molecule is CC(C)NC1CCCN(c2ccc(F)cc2F)C1=O. The van der Waals surface area contributed by atoms with Gasteiger partial charge in [-0.1, -0.05) is 13.8 Å². The Kier molecular flexibility index (Phi) is 4.14. The molecule has 0 saturated carbocycles. The first-order valence-electron chi connectivity index (χ1n) is 6.51. The number of rotatable bonds is 3. The van der Waals surface area contributed by atoms with Crippen molar-refractivity contribution in [1.82, 2.24) is 5.32 Å². The molecule has 1 aliphatic heterocycles. The molecular formula is C14H18F2N2O. The number of nitrogens with zero attached hydrogens (tertiary/aromatic N) is 1. The number of piperidine rings is 1. The van der Waals surface area contributed by atoms with Crippen molar-refractivity contribution in [1.29, 1.82) is 0 Å². The molecule has 19 heavy (non-hydrogen) atoms. The number of amides is 1. The molecule has 1 aromatic rings. The molecule has 5 heteroatoms. The van der Waals surface area contributed by atoms with Crippen molar-refractivity contribution in [3.05, 3.63) is 29.8 Å². The fraction of sp³-hybridized carbons (Fsp3) is 0.500. The van der Waals surface area contributed by atoms with E-state index in [2.05, 4.69) is 5.32 Å². The van der Waals surface area contributed by atoms with Crippen LogP contribution in [0.1, 0.15) is 26.7 Å². The van der Waals surface area contributed by atoms with Gasteiger partial charge >= 0.3 is 0 Å². The summed E-state index contributed by atoms with van der Waals surface area (Å²) >= 11 is 0. The molecule has 1 aliphatic rings. The topological polar surface area (TPSA) is 32.3 Å². The Bertz CT molecular complexity index is 477. The number of anilines is 1. The molecule has 2 rings (SSSR count). The Morgan fingerprint density at radius 1 is 1.37 bits per heavy atom. The predicted octanol–water partition coefficient (Wildman–Crippen LogP) is 2.46. The van der Waals surface area contributed by atoms with Crippen LogP contribution in [0.25, 0.3) is 0 Å². The lowest BCUT2D eigenvalue weighted by Gasteiger charge is -2.33. The minimum Gasteiger partial charge on any atom is -0.308 e. The molecule has 1 N–H and O–H groups in total. The van der Waals surface area contributed by atoms with Crippen molar-refractivity contribution in [2.24, 2.45) is 0 Å². The highest BCUT2D eigenvalue weighted by molar-refractivity contribution is 5.98. The Morgan fingerprint density at radius 2 is 2.11 bits per heavy atom. The van der Waals surface area contributed by atoms with Crippen LogP contribution in [0, 0.1) is 11.6 Å². The summed E-state index contributed by atoms with van der Waals surface area (Å²) < 4.78 is 26.6. The van der Waals surface area contributed by atoms with E-state index in [1.807, 2.05) is 13.8 Å². The van der Waals surface area contributed by atoms with E-state index in [9.17, 15) is 13.6 Å². The second kappa shape index (κ2) is 5.65. The van der Waals surface area contributed by atoms with Crippen molar-refractivity contribution in [3.63, 3.8) is 0 Å². The molecule has 0 aliphatic carbocycles. The number of hydrogen-bond donors (Lipinski definition) is 1. The molecule has 3 nitrogen and oxygen atoms in total. The van der Waals surface area contributed by atoms with Gasteiger partial charge in [-0.2, -0.15) is 0 Å². The van der Waals surface area contributed by atoms with Crippen molar-refractivity contribution < 1.29 is 13.6 Å². The van der Waals surface area contributed by atoms with Gasteiger partial charge in [0, 0.05) is 18.7 Å². The summed E-state index contributed by atoms with van der Waals surface area (Å²) in [5.41, 5.74) is 0.154. The summed E-state index contributed by atoms with van der Waals surface area (Å²) in [6.07, 6.45) is 1.54. The predicted molar refractivity (Wildman–Crippen MR) is 70.0 cm³/mol.